The molecule has 0 saturated carbocycles. The van der Waals surface area contributed by atoms with E-state index in [0.717, 1.165) is 15.0 Å². The van der Waals surface area contributed by atoms with Gasteiger partial charge in [0.15, 0.2) is 0 Å². The summed E-state index contributed by atoms with van der Waals surface area (Å²) in [6.45, 7) is 6.47. The molecule has 2 aromatic rings. The maximum atomic E-state index is 11.8. The number of anilines is 1. The number of amides is 1. The lowest BCUT2D eigenvalue weighted by Crippen LogP contribution is -2.27. The van der Waals surface area contributed by atoms with Gasteiger partial charge in [0, 0.05) is 19.9 Å². The summed E-state index contributed by atoms with van der Waals surface area (Å²) in [5.74, 6) is -0.375. The van der Waals surface area contributed by atoms with Crippen molar-refractivity contribution >= 4 is 38.9 Å². The fraction of sp³-hybridized carbons (Fsp3) is 0.312. The third-order valence-corrected chi connectivity index (χ3v) is 5.19. The fourth-order valence-corrected chi connectivity index (χ4v) is 3.30. The van der Waals surface area contributed by atoms with Crippen molar-refractivity contribution in [2.75, 3.05) is 5.32 Å². The van der Waals surface area contributed by atoms with Gasteiger partial charge in [-0.25, -0.2) is 0 Å². The Balaban J connectivity index is 2.25. The Labute approximate surface area is 137 Å². The first kappa shape index (κ1) is 16.0. The van der Waals surface area contributed by atoms with Crippen molar-refractivity contribution < 1.29 is 4.79 Å². The van der Waals surface area contributed by atoms with Crippen molar-refractivity contribution in [1.29, 1.82) is 0 Å². The zero-order chi connectivity index (χ0) is 15.6. The molecule has 0 aliphatic rings. The van der Waals surface area contributed by atoms with Crippen molar-refractivity contribution in [3.8, 4) is 0 Å². The molecule has 3 nitrogen and oxygen atoms in total. The molecule has 112 valence electrons. The molecule has 1 unspecified atom stereocenters. The van der Waals surface area contributed by atoms with Crippen LogP contribution in [0.15, 0.2) is 40.9 Å². The van der Waals surface area contributed by atoms with Gasteiger partial charge >= 0.3 is 0 Å². The molecule has 1 heterocycles. The number of primary amides is 1. The molecule has 1 amide bonds. The minimum absolute atomic E-state index is 0.0721. The molecular formula is C16H19BrN2OS. The Morgan fingerprint density at radius 2 is 1.81 bits per heavy atom. The highest BCUT2D eigenvalue weighted by Crippen LogP contribution is 2.33. The van der Waals surface area contributed by atoms with Crippen LogP contribution in [0.3, 0.4) is 0 Å². The van der Waals surface area contributed by atoms with E-state index < -0.39 is 6.04 Å². The van der Waals surface area contributed by atoms with E-state index in [9.17, 15) is 4.79 Å². The van der Waals surface area contributed by atoms with Gasteiger partial charge in [0.05, 0.1) is 0 Å². The van der Waals surface area contributed by atoms with Crippen LogP contribution in [0, 0.1) is 0 Å². The lowest BCUT2D eigenvalue weighted by molar-refractivity contribution is -0.118. The van der Waals surface area contributed by atoms with Crippen LogP contribution in [0.5, 0.6) is 0 Å². The molecule has 1 atom stereocenters. The van der Waals surface area contributed by atoms with Crippen LogP contribution in [0.25, 0.3) is 0 Å². The van der Waals surface area contributed by atoms with Gasteiger partial charge in [-0.3, -0.25) is 4.79 Å². The number of thiophene rings is 1. The molecule has 0 aliphatic carbocycles. The van der Waals surface area contributed by atoms with Gasteiger partial charge in [-0.2, -0.15) is 0 Å². The van der Waals surface area contributed by atoms with Crippen LogP contribution in [-0.4, -0.2) is 5.91 Å². The zero-order valence-corrected chi connectivity index (χ0v) is 14.7. The molecule has 21 heavy (non-hydrogen) atoms. The first-order chi connectivity index (χ1) is 9.77. The van der Waals surface area contributed by atoms with Crippen LogP contribution in [-0.2, 0) is 10.2 Å². The van der Waals surface area contributed by atoms with Gasteiger partial charge in [0.25, 0.3) is 0 Å². The maximum absolute atomic E-state index is 11.8. The van der Waals surface area contributed by atoms with E-state index in [4.69, 9.17) is 5.73 Å². The van der Waals surface area contributed by atoms with Crippen molar-refractivity contribution in [2.24, 2.45) is 5.73 Å². The van der Waals surface area contributed by atoms with E-state index in [1.807, 2.05) is 30.3 Å². The second kappa shape index (κ2) is 6.20. The normalized spacial score (nSPS) is 13.0. The average Bonchev–Trinajstić information content (AvgIpc) is 2.87. The molecule has 0 aliphatic heterocycles. The topological polar surface area (TPSA) is 55.1 Å². The van der Waals surface area contributed by atoms with Crippen LogP contribution < -0.4 is 11.1 Å². The highest BCUT2D eigenvalue weighted by atomic mass is 79.9. The molecule has 1 aromatic carbocycles. The van der Waals surface area contributed by atoms with Crippen LogP contribution >= 0.6 is 27.3 Å². The molecule has 0 fully saturated rings. The van der Waals surface area contributed by atoms with Gasteiger partial charge in [0.2, 0.25) is 5.91 Å². The molecule has 3 N–H and O–H groups in total. The average molecular weight is 367 g/mol. The molecule has 0 bridgehead atoms. The fourth-order valence-electron chi connectivity index (χ4n) is 1.91. The van der Waals surface area contributed by atoms with Crippen LogP contribution in [0.2, 0.25) is 0 Å². The molecule has 0 saturated heterocycles. The van der Waals surface area contributed by atoms with Gasteiger partial charge in [-0.15, -0.1) is 11.3 Å². The number of benzene rings is 1. The Morgan fingerprint density at radius 1 is 1.19 bits per heavy atom. The Bertz CT molecular complexity index is 628. The lowest BCUT2D eigenvalue weighted by Gasteiger charge is -2.17. The summed E-state index contributed by atoms with van der Waals surface area (Å²) in [6, 6.07) is 11.2. The number of hydrogen-bond acceptors (Lipinski definition) is 3. The van der Waals surface area contributed by atoms with Gasteiger partial charge in [-0.1, -0.05) is 36.7 Å². The molecule has 1 aromatic heterocycles. The molecule has 2 rings (SSSR count). The van der Waals surface area contributed by atoms with E-state index in [1.54, 1.807) is 11.3 Å². The van der Waals surface area contributed by atoms with E-state index in [0.29, 0.717) is 0 Å². The summed E-state index contributed by atoms with van der Waals surface area (Å²) in [5, 5.41) is 3.20. The predicted molar refractivity (Wildman–Crippen MR) is 92.7 cm³/mol. The number of carbonyl (C=O) groups excluding carboxylic acids is 1. The standard InChI is InChI=1S/C16H19BrN2OS/c1-16(2,3)13-9-8-12(21-13)14(15(18)20)19-11-6-4-10(17)5-7-11/h4-9,14,19H,1-3H3,(H2,18,20). The third kappa shape index (κ3) is 4.08. The van der Waals surface area contributed by atoms with Gasteiger partial charge in [-0.05, 0) is 41.8 Å². The quantitative estimate of drug-likeness (QED) is 0.839. The third-order valence-electron chi connectivity index (χ3n) is 3.09. The summed E-state index contributed by atoms with van der Waals surface area (Å²) in [6.07, 6.45) is 0. The largest absolute Gasteiger partial charge is 0.369 e. The van der Waals surface area contributed by atoms with Crippen molar-refractivity contribution in [2.45, 2.75) is 32.2 Å². The Kier molecular flexibility index (Phi) is 4.74. The van der Waals surface area contributed by atoms with E-state index in [-0.39, 0.29) is 11.3 Å². The molecule has 0 spiro atoms. The summed E-state index contributed by atoms with van der Waals surface area (Å²) in [5.41, 5.74) is 6.50. The molecule has 0 radical (unpaired) electrons. The Hall–Kier alpha value is -1.33. The number of nitrogens with two attached hydrogens (primary N) is 1. The maximum Gasteiger partial charge on any atom is 0.245 e. The summed E-state index contributed by atoms with van der Waals surface area (Å²) >= 11 is 5.02. The summed E-state index contributed by atoms with van der Waals surface area (Å²) < 4.78 is 0.995. The minimum Gasteiger partial charge on any atom is -0.369 e. The Morgan fingerprint density at radius 3 is 2.29 bits per heavy atom. The van der Waals surface area contributed by atoms with Crippen LogP contribution in [0.4, 0.5) is 5.69 Å². The van der Waals surface area contributed by atoms with E-state index >= 15 is 0 Å². The highest BCUT2D eigenvalue weighted by molar-refractivity contribution is 9.10. The minimum atomic E-state index is -0.507. The van der Waals surface area contributed by atoms with Crippen LogP contribution in [0.1, 0.15) is 36.6 Å². The number of nitrogens with one attached hydrogen (secondary N) is 1. The number of halogens is 1. The van der Waals surface area contributed by atoms with E-state index in [2.05, 4.69) is 48.1 Å². The lowest BCUT2D eigenvalue weighted by atomic mass is 9.95. The smallest absolute Gasteiger partial charge is 0.245 e. The first-order valence-electron chi connectivity index (χ1n) is 6.69. The van der Waals surface area contributed by atoms with Crippen molar-refractivity contribution in [3.05, 3.63) is 50.6 Å². The summed E-state index contributed by atoms with van der Waals surface area (Å²) in [4.78, 5) is 14.0. The molecular weight excluding hydrogens is 348 g/mol. The van der Waals surface area contributed by atoms with Gasteiger partial charge in [0.1, 0.15) is 6.04 Å². The predicted octanol–water partition coefficient (Wildman–Crippen LogP) is 4.45. The van der Waals surface area contributed by atoms with E-state index in [1.165, 1.54) is 4.88 Å². The highest BCUT2D eigenvalue weighted by Gasteiger charge is 2.23. The second-order valence-electron chi connectivity index (χ2n) is 5.94. The van der Waals surface area contributed by atoms with Crippen molar-refractivity contribution in [3.63, 3.8) is 0 Å². The first-order valence-corrected chi connectivity index (χ1v) is 8.30. The number of rotatable bonds is 4. The SMILES string of the molecule is CC(C)(C)c1ccc(C(Nc2ccc(Br)cc2)C(N)=O)s1. The number of hydrogen-bond donors (Lipinski definition) is 2. The number of carbonyl (C=O) groups is 1. The zero-order valence-electron chi connectivity index (χ0n) is 12.3. The second-order valence-corrected chi connectivity index (χ2v) is 7.97. The molecule has 5 heteroatoms. The van der Waals surface area contributed by atoms with Crippen molar-refractivity contribution in [1.82, 2.24) is 0 Å². The monoisotopic (exact) mass is 366 g/mol. The summed E-state index contributed by atoms with van der Waals surface area (Å²) in [7, 11) is 0. The van der Waals surface area contributed by atoms with Gasteiger partial charge < -0.3 is 11.1 Å².